The highest BCUT2D eigenvalue weighted by Gasteiger charge is 2.30. The van der Waals surface area contributed by atoms with Crippen molar-refractivity contribution in [2.24, 2.45) is 0 Å². The lowest BCUT2D eigenvalue weighted by atomic mass is 10.1. The molecule has 4 rings (SSSR count). The van der Waals surface area contributed by atoms with Gasteiger partial charge in [-0.15, -0.1) is 0 Å². The molecule has 1 atom stereocenters. The Bertz CT molecular complexity index is 967. The van der Waals surface area contributed by atoms with Gasteiger partial charge in [-0.25, -0.2) is 14.4 Å². The number of carbonyl (C=O) groups is 1. The van der Waals surface area contributed by atoms with Crippen LogP contribution in [0.2, 0.25) is 0 Å². The second-order valence-electron chi connectivity index (χ2n) is 7.14. The predicted molar refractivity (Wildman–Crippen MR) is 105 cm³/mol. The van der Waals surface area contributed by atoms with Gasteiger partial charge in [0.2, 0.25) is 5.91 Å². The summed E-state index contributed by atoms with van der Waals surface area (Å²) in [6, 6.07) is 12.3. The van der Waals surface area contributed by atoms with Crippen LogP contribution in [0.3, 0.4) is 0 Å². The number of nitrogens with zero attached hydrogens (tertiary/aromatic N) is 4. The number of imidazole rings is 1. The Morgan fingerprint density at radius 3 is 2.79 bits per heavy atom. The minimum Gasteiger partial charge on any atom is -0.334 e. The van der Waals surface area contributed by atoms with Crippen LogP contribution in [0, 0.1) is 12.7 Å². The van der Waals surface area contributed by atoms with Crippen molar-refractivity contribution < 1.29 is 9.18 Å². The molecule has 0 aliphatic carbocycles. The standard InChI is InChI=1S/C22H23FN4O/c1-16-24-13-15-26(16)21-6-2-4-19(25-21)20-5-3-14-27(20)22(28)12-9-17-7-10-18(23)11-8-17/h2,4,6-8,10-11,13,15,20H,3,5,9,12,14H2,1H3/t20-/m0/s1. The maximum Gasteiger partial charge on any atom is 0.223 e. The fraction of sp³-hybridized carbons (Fsp3) is 0.318. The van der Waals surface area contributed by atoms with Crippen LogP contribution in [0.1, 0.15) is 42.4 Å². The first-order chi connectivity index (χ1) is 13.6. The summed E-state index contributed by atoms with van der Waals surface area (Å²) in [5.74, 6) is 1.56. The van der Waals surface area contributed by atoms with Gasteiger partial charge in [0, 0.05) is 25.4 Å². The van der Waals surface area contributed by atoms with E-state index < -0.39 is 0 Å². The van der Waals surface area contributed by atoms with Crippen LogP contribution >= 0.6 is 0 Å². The number of aromatic nitrogens is 3. The van der Waals surface area contributed by atoms with E-state index in [1.54, 1.807) is 18.3 Å². The molecule has 0 spiro atoms. The van der Waals surface area contributed by atoms with Gasteiger partial charge >= 0.3 is 0 Å². The largest absolute Gasteiger partial charge is 0.334 e. The van der Waals surface area contributed by atoms with Crippen LogP contribution in [-0.2, 0) is 11.2 Å². The first-order valence-corrected chi connectivity index (χ1v) is 9.63. The van der Waals surface area contributed by atoms with E-state index >= 15 is 0 Å². The van der Waals surface area contributed by atoms with E-state index in [1.807, 2.05) is 40.8 Å². The van der Waals surface area contributed by atoms with Crippen molar-refractivity contribution in [1.29, 1.82) is 0 Å². The second-order valence-corrected chi connectivity index (χ2v) is 7.14. The third kappa shape index (κ3) is 3.81. The highest BCUT2D eigenvalue weighted by Crippen LogP contribution is 2.32. The zero-order chi connectivity index (χ0) is 19.5. The fourth-order valence-corrected chi connectivity index (χ4v) is 3.80. The summed E-state index contributed by atoms with van der Waals surface area (Å²) < 4.78 is 15.0. The first-order valence-electron chi connectivity index (χ1n) is 9.63. The van der Waals surface area contributed by atoms with Crippen molar-refractivity contribution in [2.45, 2.75) is 38.6 Å². The summed E-state index contributed by atoms with van der Waals surface area (Å²) in [4.78, 5) is 23.8. The van der Waals surface area contributed by atoms with E-state index in [9.17, 15) is 9.18 Å². The lowest BCUT2D eigenvalue weighted by Crippen LogP contribution is -2.31. The highest BCUT2D eigenvalue weighted by atomic mass is 19.1. The van der Waals surface area contributed by atoms with Crippen molar-refractivity contribution in [1.82, 2.24) is 19.4 Å². The van der Waals surface area contributed by atoms with E-state index in [0.717, 1.165) is 42.3 Å². The van der Waals surface area contributed by atoms with Gasteiger partial charge in [0.1, 0.15) is 17.5 Å². The maximum atomic E-state index is 13.0. The number of rotatable bonds is 5. The number of benzene rings is 1. The normalized spacial score (nSPS) is 16.5. The van der Waals surface area contributed by atoms with Crippen molar-refractivity contribution in [2.75, 3.05) is 6.54 Å². The SMILES string of the molecule is Cc1nccn1-c1cccc([C@@H]2CCCN2C(=O)CCc2ccc(F)cc2)n1. The molecule has 1 aromatic carbocycles. The zero-order valence-corrected chi connectivity index (χ0v) is 15.9. The second kappa shape index (κ2) is 7.92. The molecule has 1 aliphatic rings. The van der Waals surface area contributed by atoms with Crippen LogP contribution in [0.4, 0.5) is 4.39 Å². The molecule has 1 saturated heterocycles. The Morgan fingerprint density at radius 2 is 2.04 bits per heavy atom. The Balaban J connectivity index is 1.48. The minimum absolute atomic E-state index is 0.00416. The third-order valence-corrected chi connectivity index (χ3v) is 5.28. The van der Waals surface area contributed by atoms with E-state index in [2.05, 4.69) is 4.98 Å². The molecule has 5 nitrogen and oxygen atoms in total. The van der Waals surface area contributed by atoms with Crippen molar-refractivity contribution in [3.63, 3.8) is 0 Å². The maximum absolute atomic E-state index is 13.0. The van der Waals surface area contributed by atoms with Crippen LogP contribution < -0.4 is 0 Å². The molecule has 0 radical (unpaired) electrons. The molecule has 6 heteroatoms. The van der Waals surface area contributed by atoms with Gasteiger partial charge in [-0.05, 0) is 56.0 Å². The molecule has 2 aromatic heterocycles. The van der Waals surface area contributed by atoms with E-state index in [1.165, 1.54) is 12.1 Å². The van der Waals surface area contributed by atoms with E-state index in [4.69, 9.17) is 4.98 Å². The monoisotopic (exact) mass is 378 g/mol. The number of amides is 1. The molecule has 28 heavy (non-hydrogen) atoms. The quantitative estimate of drug-likeness (QED) is 0.674. The Hall–Kier alpha value is -3.02. The lowest BCUT2D eigenvalue weighted by molar-refractivity contribution is -0.132. The van der Waals surface area contributed by atoms with E-state index in [-0.39, 0.29) is 17.8 Å². The average Bonchev–Trinajstić information content (AvgIpc) is 3.36. The van der Waals surface area contributed by atoms with Gasteiger partial charge in [-0.2, -0.15) is 0 Å². The smallest absolute Gasteiger partial charge is 0.223 e. The Labute approximate surface area is 163 Å². The zero-order valence-electron chi connectivity index (χ0n) is 15.9. The molecular formula is C22H23FN4O. The summed E-state index contributed by atoms with van der Waals surface area (Å²) in [6.45, 7) is 2.69. The van der Waals surface area contributed by atoms with Gasteiger partial charge in [-0.1, -0.05) is 18.2 Å². The van der Waals surface area contributed by atoms with Crippen LogP contribution in [0.15, 0.2) is 54.9 Å². The molecule has 0 saturated carbocycles. The van der Waals surface area contributed by atoms with Crippen molar-refractivity contribution in [3.05, 3.63) is 77.8 Å². The number of aryl methyl sites for hydroxylation is 2. The molecule has 0 N–H and O–H groups in total. The summed E-state index contributed by atoms with van der Waals surface area (Å²) in [7, 11) is 0. The number of hydrogen-bond acceptors (Lipinski definition) is 3. The van der Waals surface area contributed by atoms with Gasteiger partial charge in [0.15, 0.2) is 0 Å². The summed E-state index contributed by atoms with van der Waals surface area (Å²) in [5.41, 5.74) is 1.89. The van der Waals surface area contributed by atoms with Gasteiger partial charge < -0.3 is 4.90 Å². The first kappa shape index (κ1) is 18.3. The van der Waals surface area contributed by atoms with Gasteiger partial charge in [-0.3, -0.25) is 9.36 Å². The van der Waals surface area contributed by atoms with E-state index in [0.29, 0.717) is 12.8 Å². The Morgan fingerprint density at radius 1 is 1.21 bits per heavy atom. The number of pyridine rings is 1. The molecule has 1 fully saturated rings. The lowest BCUT2D eigenvalue weighted by Gasteiger charge is -2.25. The number of likely N-dealkylation sites (tertiary alicyclic amines) is 1. The summed E-state index contributed by atoms with van der Waals surface area (Å²) in [5, 5.41) is 0. The third-order valence-electron chi connectivity index (χ3n) is 5.28. The fourth-order valence-electron chi connectivity index (χ4n) is 3.80. The Kier molecular flexibility index (Phi) is 5.19. The van der Waals surface area contributed by atoms with Gasteiger partial charge in [0.05, 0.1) is 11.7 Å². The summed E-state index contributed by atoms with van der Waals surface area (Å²) >= 11 is 0. The average molecular weight is 378 g/mol. The molecule has 0 unspecified atom stereocenters. The summed E-state index contributed by atoms with van der Waals surface area (Å²) in [6.07, 6.45) is 6.57. The minimum atomic E-state index is -0.256. The number of carbonyl (C=O) groups excluding carboxylic acids is 1. The van der Waals surface area contributed by atoms with Crippen molar-refractivity contribution >= 4 is 5.91 Å². The van der Waals surface area contributed by atoms with Crippen molar-refractivity contribution in [3.8, 4) is 5.82 Å². The van der Waals surface area contributed by atoms with Crippen LogP contribution in [-0.4, -0.2) is 31.9 Å². The number of hydrogen-bond donors (Lipinski definition) is 0. The molecular weight excluding hydrogens is 355 g/mol. The van der Waals surface area contributed by atoms with Crippen LogP contribution in [0.5, 0.6) is 0 Å². The molecule has 144 valence electrons. The molecule has 3 heterocycles. The van der Waals surface area contributed by atoms with Crippen LogP contribution in [0.25, 0.3) is 5.82 Å². The molecule has 3 aromatic rings. The highest BCUT2D eigenvalue weighted by molar-refractivity contribution is 5.77. The molecule has 1 amide bonds. The van der Waals surface area contributed by atoms with Gasteiger partial charge in [0.25, 0.3) is 0 Å². The topological polar surface area (TPSA) is 51.0 Å². The molecule has 1 aliphatic heterocycles. The predicted octanol–water partition coefficient (Wildman–Crippen LogP) is 4.01. The number of halogens is 1. The molecule has 0 bridgehead atoms.